The van der Waals surface area contributed by atoms with Crippen LogP contribution < -0.4 is 9.47 Å². The van der Waals surface area contributed by atoms with E-state index in [2.05, 4.69) is 44.8 Å². The molecule has 1 atom stereocenters. The molecule has 7 heteroatoms. The van der Waals surface area contributed by atoms with Gasteiger partial charge in [-0.15, -0.1) is 11.3 Å². The standard InChI is InChI=1S/C23H30N4O2S/c1-16-20(27-9-10-30-23(27)24-16)15-25-7-4-5-19(14-25)26-8-6-17-11-21(28-2)22(29-3)12-18(17)13-26/h9-12,19H,4-8,13-15H2,1-3H3. The number of thiazole rings is 1. The molecule has 0 spiro atoms. The number of aryl methyl sites for hydroxylation is 1. The minimum Gasteiger partial charge on any atom is -0.493 e. The molecule has 0 amide bonds. The zero-order valence-corrected chi connectivity index (χ0v) is 18.9. The Hall–Kier alpha value is -2.09. The highest BCUT2D eigenvalue weighted by Crippen LogP contribution is 2.34. The summed E-state index contributed by atoms with van der Waals surface area (Å²) in [6.45, 7) is 7.52. The van der Waals surface area contributed by atoms with Crippen LogP contribution in [0.5, 0.6) is 11.5 Å². The molecule has 0 bridgehead atoms. The third-order valence-electron chi connectivity index (χ3n) is 6.68. The molecule has 2 aromatic heterocycles. The summed E-state index contributed by atoms with van der Waals surface area (Å²) in [5, 5.41) is 2.12. The van der Waals surface area contributed by atoms with Gasteiger partial charge in [-0.25, -0.2) is 4.98 Å². The molecule has 1 fully saturated rings. The van der Waals surface area contributed by atoms with Crippen LogP contribution >= 0.6 is 11.3 Å². The van der Waals surface area contributed by atoms with Crippen LogP contribution in [-0.2, 0) is 19.5 Å². The van der Waals surface area contributed by atoms with Gasteiger partial charge in [0.15, 0.2) is 16.5 Å². The van der Waals surface area contributed by atoms with Crippen LogP contribution in [-0.4, -0.2) is 59.1 Å². The Bertz CT molecular complexity index is 1040. The molecule has 3 aromatic rings. The summed E-state index contributed by atoms with van der Waals surface area (Å²) in [4.78, 5) is 11.1. The first kappa shape index (κ1) is 19.8. The maximum atomic E-state index is 5.54. The van der Waals surface area contributed by atoms with Gasteiger partial charge in [0.2, 0.25) is 0 Å². The highest BCUT2D eigenvalue weighted by Gasteiger charge is 2.29. The molecule has 2 aliphatic heterocycles. The number of piperidine rings is 1. The molecule has 4 heterocycles. The Balaban J connectivity index is 1.30. The van der Waals surface area contributed by atoms with Crippen molar-refractivity contribution in [2.75, 3.05) is 33.9 Å². The van der Waals surface area contributed by atoms with E-state index in [-0.39, 0.29) is 0 Å². The van der Waals surface area contributed by atoms with E-state index in [4.69, 9.17) is 14.5 Å². The number of hydrogen-bond donors (Lipinski definition) is 0. The zero-order valence-electron chi connectivity index (χ0n) is 18.1. The summed E-state index contributed by atoms with van der Waals surface area (Å²) in [5.41, 5.74) is 5.28. The minimum absolute atomic E-state index is 0.603. The van der Waals surface area contributed by atoms with Crippen molar-refractivity contribution >= 4 is 16.3 Å². The second kappa shape index (κ2) is 8.21. The van der Waals surface area contributed by atoms with Crippen molar-refractivity contribution in [2.45, 2.75) is 45.3 Å². The lowest BCUT2D eigenvalue weighted by Gasteiger charge is -2.41. The van der Waals surface area contributed by atoms with E-state index in [0.29, 0.717) is 6.04 Å². The molecule has 160 valence electrons. The quantitative estimate of drug-likeness (QED) is 0.622. The molecule has 2 aliphatic rings. The number of ether oxygens (including phenoxy) is 2. The Morgan fingerprint density at radius 3 is 2.73 bits per heavy atom. The Kier molecular flexibility index (Phi) is 5.43. The average Bonchev–Trinajstić information content (AvgIpc) is 3.34. The average molecular weight is 427 g/mol. The van der Waals surface area contributed by atoms with Gasteiger partial charge in [-0.2, -0.15) is 0 Å². The van der Waals surface area contributed by atoms with Crippen molar-refractivity contribution in [1.29, 1.82) is 0 Å². The van der Waals surface area contributed by atoms with Gasteiger partial charge in [-0.05, 0) is 56.0 Å². The van der Waals surface area contributed by atoms with Crippen molar-refractivity contribution in [1.82, 2.24) is 19.2 Å². The number of fused-ring (bicyclic) bond motifs is 2. The maximum absolute atomic E-state index is 5.54. The molecular weight excluding hydrogens is 396 g/mol. The predicted molar refractivity (Wildman–Crippen MR) is 120 cm³/mol. The number of nitrogens with zero attached hydrogens (tertiary/aromatic N) is 4. The van der Waals surface area contributed by atoms with E-state index >= 15 is 0 Å². The lowest BCUT2D eigenvalue weighted by Crippen LogP contribution is -2.49. The van der Waals surface area contributed by atoms with Crippen LogP contribution in [0.1, 0.15) is 35.4 Å². The lowest BCUT2D eigenvalue weighted by molar-refractivity contribution is 0.0828. The molecule has 6 nitrogen and oxygen atoms in total. The first-order valence-electron chi connectivity index (χ1n) is 10.8. The summed E-state index contributed by atoms with van der Waals surface area (Å²) in [6, 6.07) is 4.93. The van der Waals surface area contributed by atoms with Gasteiger partial charge < -0.3 is 9.47 Å². The molecule has 0 saturated carbocycles. The number of methoxy groups -OCH3 is 2. The van der Waals surface area contributed by atoms with Crippen LogP contribution in [0.3, 0.4) is 0 Å². The Morgan fingerprint density at radius 1 is 1.13 bits per heavy atom. The molecular formula is C23H30N4O2S. The van der Waals surface area contributed by atoms with Gasteiger partial charge in [0.05, 0.1) is 25.6 Å². The summed E-state index contributed by atoms with van der Waals surface area (Å²) in [6.07, 6.45) is 5.76. The Morgan fingerprint density at radius 2 is 1.93 bits per heavy atom. The summed E-state index contributed by atoms with van der Waals surface area (Å²) < 4.78 is 13.3. The number of rotatable bonds is 5. The Labute approximate surface area is 182 Å². The van der Waals surface area contributed by atoms with Gasteiger partial charge in [-0.1, -0.05) is 0 Å². The van der Waals surface area contributed by atoms with Gasteiger partial charge in [0, 0.05) is 43.8 Å². The van der Waals surface area contributed by atoms with Crippen LogP contribution in [0.25, 0.3) is 4.96 Å². The van der Waals surface area contributed by atoms with Crippen LogP contribution in [0, 0.1) is 6.92 Å². The predicted octanol–water partition coefficient (Wildman–Crippen LogP) is 3.74. The van der Waals surface area contributed by atoms with Crippen molar-refractivity contribution in [3.63, 3.8) is 0 Å². The van der Waals surface area contributed by atoms with Crippen molar-refractivity contribution in [3.8, 4) is 11.5 Å². The van der Waals surface area contributed by atoms with E-state index in [1.165, 1.54) is 36.2 Å². The number of likely N-dealkylation sites (tertiary alicyclic amines) is 1. The number of benzene rings is 1. The number of hydrogen-bond acceptors (Lipinski definition) is 6. The van der Waals surface area contributed by atoms with E-state index < -0.39 is 0 Å². The molecule has 1 aromatic carbocycles. The second-order valence-corrected chi connectivity index (χ2v) is 9.30. The van der Waals surface area contributed by atoms with E-state index in [0.717, 1.165) is 54.8 Å². The second-order valence-electron chi connectivity index (χ2n) is 8.43. The molecule has 0 aliphatic carbocycles. The zero-order chi connectivity index (χ0) is 20.7. The molecule has 1 unspecified atom stereocenters. The SMILES string of the molecule is COc1cc2c(cc1OC)CN(C1CCCN(Cc3c(C)nc4sccn34)C1)CC2. The van der Waals surface area contributed by atoms with Crippen LogP contribution in [0.15, 0.2) is 23.7 Å². The smallest absolute Gasteiger partial charge is 0.194 e. The first-order chi connectivity index (χ1) is 14.7. The third-order valence-corrected chi connectivity index (χ3v) is 7.44. The highest BCUT2D eigenvalue weighted by molar-refractivity contribution is 7.15. The molecule has 1 saturated heterocycles. The van der Waals surface area contributed by atoms with Crippen molar-refractivity contribution in [2.24, 2.45) is 0 Å². The topological polar surface area (TPSA) is 42.2 Å². The van der Waals surface area contributed by atoms with E-state index in [1.54, 1.807) is 25.6 Å². The minimum atomic E-state index is 0.603. The van der Waals surface area contributed by atoms with Gasteiger partial charge in [0.1, 0.15) is 0 Å². The summed E-state index contributed by atoms with van der Waals surface area (Å²) in [7, 11) is 3.43. The van der Waals surface area contributed by atoms with Crippen molar-refractivity contribution in [3.05, 3.63) is 46.2 Å². The fourth-order valence-electron chi connectivity index (χ4n) is 5.03. The third kappa shape index (κ3) is 3.59. The number of aromatic nitrogens is 2. The highest BCUT2D eigenvalue weighted by atomic mass is 32.1. The van der Waals surface area contributed by atoms with Gasteiger partial charge in [-0.3, -0.25) is 14.2 Å². The fraction of sp³-hybridized carbons (Fsp3) is 0.522. The molecule has 0 N–H and O–H groups in total. The van der Waals surface area contributed by atoms with Gasteiger partial charge >= 0.3 is 0 Å². The van der Waals surface area contributed by atoms with Crippen molar-refractivity contribution < 1.29 is 9.47 Å². The van der Waals surface area contributed by atoms with E-state index in [9.17, 15) is 0 Å². The normalized spacial score (nSPS) is 20.4. The monoisotopic (exact) mass is 426 g/mol. The van der Waals surface area contributed by atoms with Gasteiger partial charge in [0.25, 0.3) is 0 Å². The fourth-order valence-corrected chi connectivity index (χ4v) is 5.81. The van der Waals surface area contributed by atoms with E-state index in [1.807, 2.05) is 0 Å². The maximum Gasteiger partial charge on any atom is 0.194 e. The van der Waals surface area contributed by atoms with Crippen LogP contribution in [0.2, 0.25) is 0 Å². The summed E-state index contributed by atoms with van der Waals surface area (Å²) in [5.74, 6) is 1.67. The summed E-state index contributed by atoms with van der Waals surface area (Å²) >= 11 is 1.71. The molecule has 30 heavy (non-hydrogen) atoms. The molecule has 5 rings (SSSR count). The first-order valence-corrected chi connectivity index (χ1v) is 11.7. The number of imidazole rings is 1. The molecule has 0 radical (unpaired) electrons. The largest absolute Gasteiger partial charge is 0.493 e. The van der Waals surface area contributed by atoms with Crippen LogP contribution in [0.4, 0.5) is 0 Å². The lowest BCUT2D eigenvalue weighted by atomic mass is 9.95.